The van der Waals surface area contributed by atoms with Crippen molar-refractivity contribution in [3.63, 3.8) is 0 Å². The van der Waals surface area contributed by atoms with Gasteiger partial charge in [-0.05, 0) is 30.7 Å². The highest BCUT2D eigenvalue weighted by atomic mass is 16.5. The lowest BCUT2D eigenvalue weighted by atomic mass is 10.3. The van der Waals surface area contributed by atoms with Gasteiger partial charge in [0.2, 0.25) is 0 Å². The number of rotatable bonds is 5. The fourth-order valence-corrected chi connectivity index (χ4v) is 1.50. The van der Waals surface area contributed by atoms with Crippen LogP contribution in [0.15, 0.2) is 30.5 Å². The molecular formula is C13H16N2O. The maximum absolute atomic E-state index is 5.35. The van der Waals surface area contributed by atoms with Gasteiger partial charge in [0, 0.05) is 18.2 Å². The third-order valence-corrected chi connectivity index (χ3v) is 2.28. The number of pyridine rings is 1. The van der Waals surface area contributed by atoms with Crippen LogP contribution in [0.1, 0.15) is 19.0 Å². The third-order valence-electron chi connectivity index (χ3n) is 2.28. The van der Waals surface area contributed by atoms with Crippen molar-refractivity contribution in [2.75, 3.05) is 13.2 Å². The number of aromatic nitrogens is 2. The summed E-state index contributed by atoms with van der Waals surface area (Å²) in [5, 5.41) is 1.14. The lowest BCUT2D eigenvalue weighted by Gasteiger charge is -1.96. The van der Waals surface area contributed by atoms with Crippen LogP contribution in [0.4, 0.5) is 0 Å². The average molecular weight is 216 g/mol. The van der Waals surface area contributed by atoms with Crippen LogP contribution in [-0.4, -0.2) is 23.2 Å². The molecule has 2 aromatic rings. The Morgan fingerprint density at radius 1 is 1.38 bits per heavy atom. The van der Waals surface area contributed by atoms with Crippen LogP contribution in [0.2, 0.25) is 0 Å². The Labute approximate surface area is 95.2 Å². The smallest absolute Gasteiger partial charge is 0.137 e. The molecule has 0 unspecified atom stereocenters. The number of aromatic amines is 1. The minimum atomic E-state index is 0.651. The van der Waals surface area contributed by atoms with Crippen molar-refractivity contribution >= 4 is 17.1 Å². The van der Waals surface area contributed by atoms with Crippen molar-refractivity contribution in [1.82, 2.24) is 9.97 Å². The first-order chi connectivity index (χ1) is 7.90. The lowest BCUT2D eigenvalue weighted by molar-refractivity contribution is 0.163. The van der Waals surface area contributed by atoms with Gasteiger partial charge in [-0.3, -0.25) is 0 Å². The SMILES string of the molecule is CCCOC/C=C/c1ccc2cc[nH]c2n1. The van der Waals surface area contributed by atoms with Gasteiger partial charge in [-0.25, -0.2) is 4.98 Å². The van der Waals surface area contributed by atoms with Crippen LogP contribution >= 0.6 is 0 Å². The number of nitrogens with zero attached hydrogens (tertiary/aromatic N) is 1. The van der Waals surface area contributed by atoms with Crippen LogP contribution < -0.4 is 0 Å². The van der Waals surface area contributed by atoms with E-state index in [0.717, 1.165) is 29.8 Å². The second-order valence-electron chi connectivity index (χ2n) is 3.63. The minimum Gasteiger partial charge on any atom is -0.377 e. The zero-order valence-electron chi connectivity index (χ0n) is 9.44. The fourth-order valence-electron chi connectivity index (χ4n) is 1.50. The molecule has 0 bridgehead atoms. The molecule has 0 spiro atoms. The minimum absolute atomic E-state index is 0.651. The first kappa shape index (κ1) is 10.9. The number of ether oxygens (including phenoxy) is 1. The van der Waals surface area contributed by atoms with Gasteiger partial charge in [0.1, 0.15) is 5.65 Å². The molecule has 0 aromatic carbocycles. The third kappa shape index (κ3) is 2.70. The predicted molar refractivity (Wildman–Crippen MR) is 66.2 cm³/mol. The molecule has 2 rings (SSSR count). The molecule has 0 aliphatic rings. The highest BCUT2D eigenvalue weighted by Crippen LogP contribution is 2.10. The van der Waals surface area contributed by atoms with Crippen molar-refractivity contribution in [3.8, 4) is 0 Å². The van der Waals surface area contributed by atoms with Crippen molar-refractivity contribution in [2.24, 2.45) is 0 Å². The lowest BCUT2D eigenvalue weighted by Crippen LogP contribution is -1.91. The van der Waals surface area contributed by atoms with Gasteiger partial charge >= 0.3 is 0 Å². The number of nitrogens with one attached hydrogen (secondary N) is 1. The molecule has 0 saturated carbocycles. The van der Waals surface area contributed by atoms with Crippen LogP contribution in [0.5, 0.6) is 0 Å². The molecule has 0 aliphatic carbocycles. The molecule has 0 atom stereocenters. The van der Waals surface area contributed by atoms with Crippen molar-refractivity contribution in [2.45, 2.75) is 13.3 Å². The molecule has 0 saturated heterocycles. The molecule has 3 heteroatoms. The molecule has 0 aliphatic heterocycles. The standard InChI is InChI=1S/C13H16N2O/c1-2-9-16-10-3-4-12-6-5-11-7-8-14-13(11)15-12/h3-8H,2,9-10H2,1H3,(H,14,15)/b4-3+. The Morgan fingerprint density at radius 2 is 2.31 bits per heavy atom. The van der Waals surface area contributed by atoms with E-state index < -0.39 is 0 Å². The molecule has 0 fully saturated rings. The summed E-state index contributed by atoms with van der Waals surface area (Å²) in [7, 11) is 0. The average Bonchev–Trinajstić information content (AvgIpc) is 2.76. The summed E-state index contributed by atoms with van der Waals surface area (Å²) in [4.78, 5) is 7.55. The monoisotopic (exact) mass is 216 g/mol. The molecule has 1 N–H and O–H groups in total. The molecule has 84 valence electrons. The fraction of sp³-hybridized carbons (Fsp3) is 0.308. The van der Waals surface area contributed by atoms with Gasteiger partial charge in [0.15, 0.2) is 0 Å². The van der Waals surface area contributed by atoms with E-state index in [2.05, 4.69) is 23.0 Å². The van der Waals surface area contributed by atoms with E-state index in [1.807, 2.05) is 30.5 Å². The Hall–Kier alpha value is -1.61. The van der Waals surface area contributed by atoms with Gasteiger partial charge in [-0.1, -0.05) is 13.0 Å². The maximum atomic E-state index is 5.35. The van der Waals surface area contributed by atoms with Crippen molar-refractivity contribution in [1.29, 1.82) is 0 Å². The number of hydrogen-bond donors (Lipinski definition) is 1. The molecule has 2 heterocycles. The summed E-state index contributed by atoms with van der Waals surface area (Å²) >= 11 is 0. The summed E-state index contributed by atoms with van der Waals surface area (Å²) < 4.78 is 5.35. The van der Waals surface area contributed by atoms with E-state index in [1.54, 1.807) is 0 Å². The largest absolute Gasteiger partial charge is 0.377 e. The van der Waals surface area contributed by atoms with Crippen molar-refractivity contribution in [3.05, 3.63) is 36.2 Å². The highest BCUT2D eigenvalue weighted by Gasteiger charge is 1.95. The first-order valence-electron chi connectivity index (χ1n) is 5.58. The predicted octanol–water partition coefficient (Wildman–Crippen LogP) is 3.00. The zero-order chi connectivity index (χ0) is 11.2. The van der Waals surface area contributed by atoms with Crippen LogP contribution in [0.25, 0.3) is 17.1 Å². The number of fused-ring (bicyclic) bond motifs is 1. The second kappa shape index (κ2) is 5.47. The van der Waals surface area contributed by atoms with Crippen molar-refractivity contribution < 1.29 is 4.74 Å². The molecular weight excluding hydrogens is 200 g/mol. The first-order valence-corrected chi connectivity index (χ1v) is 5.58. The Balaban J connectivity index is 1.98. The van der Waals surface area contributed by atoms with Crippen LogP contribution in [0.3, 0.4) is 0 Å². The molecule has 16 heavy (non-hydrogen) atoms. The van der Waals surface area contributed by atoms with Crippen LogP contribution in [0, 0.1) is 0 Å². The van der Waals surface area contributed by atoms with E-state index in [0.29, 0.717) is 6.61 Å². The van der Waals surface area contributed by atoms with E-state index in [4.69, 9.17) is 4.74 Å². The molecule has 3 nitrogen and oxygen atoms in total. The maximum Gasteiger partial charge on any atom is 0.137 e. The van der Waals surface area contributed by atoms with E-state index >= 15 is 0 Å². The molecule has 0 radical (unpaired) electrons. The second-order valence-corrected chi connectivity index (χ2v) is 3.63. The Kier molecular flexibility index (Phi) is 3.72. The Morgan fingerprint density at radius 3 is 3.19 bits per heavy atom. The summed E-state index contributed by atoms with van der Waals surface area (Å²) in [5.74, 6) is 0. The van der Waals surface area contributed by atoms with E-state index in [-0.39, 0.29) is 0 Å². The van der Waals surface area contributed by atoms with Gasteiger partial charge in [-0.15, -0.1) is 0 Å². The quantitative estimate of drug-likeness (QED) is 0.780. The van der Waals surface area contributed by atoms with Gasteiger partial charge in [0.25, 0.3) is 0 Å². The summed E-state index contributed by atoms with van der Waals surface area (Å²) in [6, 6.07) is 6.08. The van der Waals surface area contributed by atoms with Gasteiger partial charge in [-0.2, -0.15) is 0 Å². The topological polar surface area (TPSA) is 37.9 Å². The molecule has 0 amide bonds. The van der Waals surface area contributed by atoms with Crippen LogP contribution in [-0.2, 0) is 4.74 Å². The molecule has 2 aromatic heterocycles. The van der Waals surface area contributed by atoms with Gasteiger partial charge in [0.05, 0.1) is 12.3 Å². The summed E-state index contributed by atoms with van der Waals surface area (Å²) in [6.07, 6.45) is 6.93. The van der Waals surface area contributed by atoms with E-state index in [9.17, 15) is 0 Å². The number of hydrogen-bond acceptors (Lipinski definition) is 2. The highest BCUT2D eigenvalue weighted by molar-refractivity contribution is 5.76. The zero-order valence-corrected chi connectivity index (χ0v) is 9.44. The Bertz CT molecular complexity index is 473. The summed E-state index contributed by atoms with van der Waals surface area (Å²) in [5.41, 5.74) is 1.88. The van der Waals surface area contributed by atoms with Gasteiger partial charge < -0.3 is 9.72 Å². The normalized spacial score (nSPS) is 11.6. The summed E-state index contributed by atoms with van der Waals surface area (Å²) in [6.45, 7) is 3.57. The van der Waals surface area contributed by atoms with E-state index in [1.165, 1.54) is 0 Å². The number of H-pyrrole nitrogens is 1.